The summed E-state index contributed by atoms with van der Waals surface area (Å²) in [5.74, 6) is 0.792. The Morgan fingerprint density at radius 2 is 1.96 bits per heavy atom. The van der Waals surface area contributed by atoms with E-state index in [0.29, 0.717) is 5.75 Å². The first kappa shape index (κ1) is 18.8. The van der Waals surface area contributed by atoms with Crippen molar-refractivity contribution in [2.24, 2.45) is 10.7 Å². The molecule has 0 aliphatic heterocycles. The zero-order valence-corrected chi connectivity index (χ0v) is 15.8. The van der Waals surface area contributed by atoms with Crippen LogP contribution in [0.4, 0.5) is 11.4 Å². The van der Waals surface area contributed by atoms with E-state index in [-0.39, 0.29) is 24.8 Å². The topological polar surface area (TPSA) is 88.7 Å². The summed E-state index contributed by atoms with van der Waals surface area (Å²) in [7, 11) is 1.59. The molecular weight excluding hydrogens is 384 g/mol. The number of guanidine groups is 1. The van der Waals surface area contributed by atoms with Crippen LogP contribution in [0, 0.1) is 6.92 Å². The Labute approximate surface area is 155 Å². The highest BCUT2D eigenvalue weighted by molar-refractivity contribution is 9.10. The largest absolute Gasteiger partial charge is 0.495 e. The molecular formula is C18H21BrN4O2. The van der Waals surface area contributed by atoms with Gasteiger partial charge in [0.05, 0.1) is 19.3 Å². The molecule has 1 amide bonds. The summed E-state index contributed by atoms with van der Waals surface area (Å²) in [6.07, 6.45) is 0.240. The number of carbonyl (C=O) groups is 1. The van der Waals surface area contributed by atoms with E-state index in [1.165, 1.54) is 0 Å². The van der Waals surface area contributed by atoms with Gasteiger partial charge in [-0.1, -0.05) is 28.1 Å². The highest BCUT2D eigenvalue weighted by Gasteiger charge is 2.06. The number of nitrogens with two attached hydrogens (primary N) is 1. The Hall–Kier alpha value is -2.54. The lowest BCUT2D eigenvalue weighted by molar-refractivity contribution is -0.116. The molecule has 0 radical (unpaired) electrons. The predicted molar refractivity (Wildman–Crippen MR) is 105 cm³/mol. The van der Waals surface area contributed by atoms with E-state index in [1.807, 2.05) is 49.4 Å². The number of hydrogen-bond donors (Lipinski definition) is 3. The first-order chi connectivity index (χ1) is 12.0. The van der Waals surface area contributed by atoms with Gasteiger partial charge >= 0.3 is 0 Å². The van der Waals surface area contributed by atoms with Crippen LogP contribution in [0.2, 0.25) is 0 Å². The highest BCUT2D eigenvalue weighted by Crippen LogP contribution is 2.22. The van der Waals surface area contributed by atoms with E-state index in [9.17, 15) is 4.79 Å². The molecule has 2 aromatic rings. The summed E-state index contributed by atoms with van der Waals surface area (Å²) in [6, 6.07) is 13.1. The number of nitrogens with one attached hydrogen (secondary N) is 2. The van der Waals surface area contributed by atoms with E-state index in [1.54, 1.807) is 7.11 Å². The molecule has 0 unspecified atom stereocenters. The van der Waals surface area contributed by atoms with Crippen molar-refractivity contribution in [2.45, 2.75) is 13.3 Å². The van der Waals surface area contributed by atoms with Gasteiger partial charge in [-0.3, -0.25) is 9.79 Å². The van der Waals surface area contributed by atoms with Gasteiger partial charge in [-0.05, 0) is 42.8 Å². The minimum absolute atomic E-state index is 0.112. The van der Waals surface area contributed by atoms with Crippen LogP contribution in [-0.4, -0.2) is 25.5 Å². The van der Waals surface area contributed by atoms with Crippen molar-refractivity contribution < 1.29 is 9.53 Å². The van der Waals surface area contributed by atoms with Crippen molar-refractivity contribution in [3.8, 4) is 5.75 Å². The molecule has 2 aromatic carbocycles. The van der Waals surface area contributed by atoms with Gasteiger partial charge in [0.15, 0.2) is 5.96 Å². The van der Waals surface area contributed by atoms with Crippen molar-refractivity contribution in [1.29, 1.82) is 0 Å². The van der Waals surface area contributed by atoms with Crippen LogP contribution >= 0.6 is 15.9 Å². The predicted octanol–water partition coefficient (Wildman–Crippen LogP) is 3.52. The molecule has 0 saturated heterocycles. The number of hydrogen-bond acceptors (Lipinski definition) is 3. The van der Waals surface area contributed by atoms with Crippen LogP contribution in [0.15, 0.2) is 51.9 Å². The van der Waals surface area contributed by atoms with Gasteiger partial charge in [-0.25, -0.2) is 0 Å². The monoisotopic (exact) mass is 404 g/mol. The van der Waals surface area contributed by atoms with Crippen LogP contribution in [0.3, 0.4) is 0 Å². The second kappa shape index (κ2) is 9.08. The van der Waals surface area contributed by atoms with Gasteiger partial charge in [0.25, 0.3) is 0 Å². The van der Waals surface area contributed by atoms with Crippen molar-refractivity contribution >= 4 is 39.2 Å². The summed E-state index contributed by atoms with van der Waals surface area (Å²) in [5, 5.41) is 5.83. The van der Waals surface area contributed by atoms with E-state index in [0.717, 1.165) is 21.4 Å². The van der Waals surface area contributed by atoms with E-state index in [4.69, 9.17) is 10.5 Å². The Morgan fingerprint density at radius 3 is 2.68 bits per heavy atom. The number of para-hydroxylation sites is 2. The SMILES string of the molecule is COc1ccccc1NC(N)=NCCC(=O)Nc1ccc(Br)cc1C. The van der Waals surface area contributed by atoms with Crippen LogP contribution in [-0.2, 0) is 4.79 Å². The summed E-state index contributed by atoms with van der Waals surface area (Å²) in [4.78, 5) is 16.2. The third-order valence-corrected chi connectivity index (χ3v) is 3.95. The number of anilines is 2. The van der Waals surface area contributed by atoms with Crippen LogP contribution < -0.4 is 21.1 Å². The molecule has 4 N–H and O–H groups in total. The average Bonchev–Trinajstić information content (AvgIpc) is 2.58. The fraction of sp³-hybridized carbons (Fsp3) is 0.222. The number of ether oxygens (including phenoxy) is 1. The van der Waals surface area contributed by atoms with Crippen LogP contribution in [0.5, 0.6) is 5.75 Å². The minimum Gasteiger partial charge on any atom is -0.495 e. The van der Waals surface area contributed by atoms with Crippen molar-refractivity contribution in [3.05, 3.63) is 52.5 Å². The Kier molecular flexibility index (Phi) is 6.82. The number of aryl methyl sites for hydroxylation is 1. The van der Waals surface area contributed by atoms with Gasteiger partial charge in [0.1, 0.15) is 5.75 Å². The number of methoxy groups -OCH3 is 1. The zero-order valence-electron chi connectivity index (χ0n) is 14.2. The fourth-order valence-corrected chi connectivity index (χ4v) is 2.66. The molecule has 0 heterocycles. The maximum absolute atomic E-state index is 12.0. The Morgan fingerprint density at radius 1 is 1.20 bits per heavy atom. The van der Waals surface area contributed by atoms with Crippen molar-refractivity contribution in [1.82, 2.24) is 0 Å². The van der Waals surface area contributed by atoms with Gasteiger partial charge in [-0.15, -0.1) is 0 Å². The average molecular weight is 405 g/mol. The van der Waals surface area contributed by atoms with Gasteiger partial charge in [0, 0.05) is 16.6 Å². The molecule has 25 heavy (non-hydrogen) atoms. The first-order valence-corrected chi connectivity index (χ1v) is 8.55. The number of nitrogens with zero attached hydrogens (tertiary/aromatic N) is 1. The zero-order chi connectivity index (χ0) is 18.2. The maximum atomic E-state index is 12.0. The molecule has 0 fully saturated rings. The second-order valence-corrected chi connectivity index (χ2v) is 6.27. The normalized spacial score (nSPS) is 11.1. The number of rotatable bonds is 6. The lowest BCUT2D eigenvalue weighted by Crippen LogP contribution is -2.24. The standard InChI is InChI=1S/C18H21BrN4O2/c1-12-11-13(19)7-8-14(12)22-17(24)9-10-21-18(20)23-15-5-3-4-6-16(15)25-2/h3-8,11H,9-10H2,1-2H3,(H,22,24)(H3,20,21,23). The number of benzene rings is 2. The molecule has 132 valence electrons. The molecule has 0 aliphatic carbocycles. The van der Waals surface area contributed by atoms with Gasteiger partial charge < -0.3 is 21.1 Å². The molecule has 0 saturated carbocycles. The van der Waals surface area contributed by atoms with Crippen LogP contribution in [0.1, 0.15) is 12.0 Å². The number of aliphatic imine (C=N–C) groups is 1. The second-order valence-electron chi connectivity index (χ2n) is 5.35. The lowest BCUT2D eigenvalue weighted by atomic mass is 10.2. The lowest BCUT2D eigenvalue weighted by Gasteiger charge is -2.10. The van der Waals surface area contributed by atoms with E-state index >= 15 is 0 Å². The summed E-state index contributed by atoms with van der Waals surface area (Å²) >= 11 is 3.40. The minimum atomic E-state index is -0.112. The van der Waals surface area contributed by atoms with Crippen molar-refractivity contribution in [3.63, 3.8) is 0 Å². The third-order valence-electron chi connectivity index (χ3n) is 3.45. The Balaban J connectivity index is 1.86. The quantitative estimate of drug-likeness (QED) is 0.507. The molecule has 6 nitrogen and oxygen atoms in total. The summed E-state index contributed by atoms with van der Waals surface area (Å²) in [6.45, 7) is 2.23. The fourth-order valence-electron chi connectivity index (χ4n) is 2.18. The molecule has 0 atom stereocenters. The molecule has 0 aromatic heterocycles. The van der Waals surface area contributed by atoms with E-state index < -0.39 is 0 Å². The highest BCUT2D eigenvalue weighted by atomic mass is 79.9. The molecule has 0 spiro atoms. The first-order valence-electron chi connectivity index (χ1n) is 7.75. The van der Waals surface area contributed by atoms with E-state index in [2.05, 4.69) is 31.6 Å². The maximum Gasteiger partial charge on any atom is 0.226 e. The van der Waals surface area contributed by atoms with Crippen molar-refractivity contribution in [2.75, 3.05) is 24.3 Å². The smallest absolute Gasteiger partial charge is 0.226 e. The van der Waals surface area contributed by atoms with Crippen LogP contribution in [0.25, 0.3) is 0 Å². The Bertz CT molecular complexity index is 777. The number of amides is 1. The number of carbonyl (C=O) groups excluding carboxylic acids is 1. The summed E-state index contributed by atoms with van der Waals surface area (Å²) in [5.41, 5.74) is 8.36. The molecule has 0 bridgehead atoms. The van der Waals surface area contributed by atoms with Gasteiger partial charge in [0.2, 0.25) is 5.91 Å². The van der Waals surface area contributed by atoms with Gasteiger partial charge in [-0.2, -0.15) is 0 Å². The summed E-state index contributed by atoms with van der Waals surface area (Å²) < 4.78 is 6.21. The number of halogens is 1. The molecule has 7 heteroatoms. The molecule has 2 rings (SSSR count). The molecule has 0 aliphatic rings. The third kappa shape index (κ3) is 5.79.